The van der Waals surface area contributed by atoms with Gasteiger partial charge in [0.05, 0.1) is 5.60 Å². The molecule has 0 aliphatic carbocycles. The Morgan fingerprint density at radius 2 is 2.06 bits per heavy atom. The van der Waals surface area contributed by atoms with Crippen LogP contribution in [0.25, 0.3) is 0 Å². The van der Waals surface area contributed by atoms with Gasteiger partial charge in [0.25, 0.3) is 0 Å². The monoisotopic (exact) mass is 259 g/mol. The average molecular weight is 259 g/mol. The van der Waals surface area contributed by atoms with Gasteiger partial charge in [-0.1, -0.05) is 12.7 Å². The number of carboxylic acid groups (broad SMARTS) is 1. The largest absolute Gasteiger partial charge is 0.479 e. The molecule has 18 heavy (non-hydrogen) atoms. The van der Waals surface area contributed by atoms with Crippen molar-refractivity contribution in [2.75, 3.05) is 13.2 Å². The molecule has 0 aromatic rings. The normalized spacial score (nSPS) is 12.6. The number of aliphatic carboxylic acids is 1. The summed E-state index contributed by atoms with van der Waals surface area (Å²) in [6, 6.07) is 0. The first-order valence-corrected chi connectivity index (χ1v) is 5.68. The highest BCUT2D eigenvalue weighted by Crippen LogP contribution is 2.13. The molecule has 1 amide bonds. The fourth-order valence-electron chi connectivity index (χ4n) is 1.15. The van der Waals surface area contributed by atoms with Crippen molar-refractivity contribution in [2.24, 2.45) is 0 Å². The molecular weight excluding hydrogens is 238 g/mol. The van der Waals surface area contributed by atoms with Crippen LogP contribution in [0.1, 0.15) is 27.2 Å². The Labute approximate surface area is 107 Å². The van der Waals surface area contributed by atoms with Crippen LogP contribution < -0.4 is 5.32 Å². The molecule has 6 heteroatoms. The lowest BCUT2D eigenvalue weighted by molar-refractivity contribution is -0.160. The number of alkyl carbamates (subject to hydrolysis) is 1. The second kappa shape index (κ2) is 7.71. The predicted molar refractivity (Wildman–Crippen MR) is 66.4 cm³/mol. The van der Waals surface area contributed by atoms with Crippen molar-refractivity contribution in [1.82, 2.24) is 5.32 Å². The van der Waals surface area contributed by atoms with Crippen molar-refractivity contribution in [3.05, 3.63) is 12.7 Å². The number of ether oxygens (including phenoxy) is 2. The summed E-state index contributed by atoms with van der Waals surface area (Å²) < 4.78 is 10.0. The average Bonchev–Trinajstić information content (AvgIpc) is 2.23. The molecule has 0 radical (unpaired) electrons. The molecule has 0 spiro atoms. The zero-order valence-corrected chi connectivity index (χ0v) is 11.1. The molecule has 0 aliphatic rings. The first kappa shape index (κ1) is 16.4. The van der Waals surface area contributed by atoms with E-state index < -0.39 is 23.8 Å². The van der Waals surface area contributed by atoms with Crippen LogP contribution in [0.5, 0.6) is 0 Å². The molecule has 0 saturated carbocycles. The van der Waals surface area contributed by atoms with E-state index in [0.29, 0.717) is 0 Å². The Balaban J connectivity index is 4.02. The lowest BCUT2D eigenvalue weighted by atomic mass is 10.1. The van der Waals surface area contributed by atoms with Crippen LogP contribution in [0.15, 0.2) is 12.7 Å². The van der Waals surface area contributed by atoms with Gasteiger partial charge >= 0.3 is 12.1 Å². The molecule has 1 atom stereocenters. The van der Waals surface area contributed by atoms with Gasteiger partial charge in [-0.05, 0) is 20.8 Å². The maximum atomic E-state index is 11.1. The van der Waals surface area contributed by atoms with Crippen molar-refractivity contribution >= 4 is 12.1 Å². The number of carbonyl (C=O) groups is 2. The molecule has 104 valence electrons. The number of amides is 1. The number of nitrogens with one attached hydrogen (secondary N) is 1. The van der Waals surface area contributed by atoms with E-state index in [1.807, 2.05) is 0 Å². The highest BCUT2D eigenvalue weighted by Gasteiger charge is 2.24. The zero-order valence-electron chi connectivity index (χ0n) is 11.1. The highest BCUT2D eigenvalue weighted by atomic mass is 16.5. The van der Waals surface area contributed by atoms with Gasteiger partial charge in [0.1, 0.15) is 6.61 Å². The minimum absolute atomic E-state index is 0.118. The molecule has 0 aromatic heterocycles. The molecule has 6 nitrogen and oxygen atoms in total. The topological polar surface area (TPSA) is 84.9 Å². The number of rotatable bonds is 7. The van der Waals surface area contributed by atoms with Gasteiger partial charge in [0.2, 0.25) is 0 Å². The summed E-state index contributed by atoms with van der Waals surface area (Å²) in [6.07, 6.45) is 0.0671. The third-order valence-electron chi connectivity index (χ3n) is 1.78. The van der Waals surface area contributed by atoms with E-state index in [2.05, 4.69) is 16.6 Å². The Kier molecular flexibility index (Phi) is 7.04. The van der Waals surface area contributed by atoms with E-state index in [1.165, 1.54) is 6.08 Å². The number of hydrogen-bond acceptors (Lipinski definition) is 4. The van der Waals surface area contributed by atoms with E-state index in [1.54, 1.807) is 20.8 Å². The summed E-state index contributed by atoms with van der Waals surface area (Å²) in [5, 5.41) is 11.4. The first-order chi connectivity index (χ1) is 8.26. The van der Waals surface area contributed by atoms with Crippen molar-refractivity contribution in [2.45, 2.75) is 38.9 Å². The number of hydrogen-bond donors (Lipinski definition) is 2. The van der Waals surface area contributed by atoms with Crippen LogP contribution in [-0.4, -0.2) is 42.0 Å². The third kappa shape index (κ3) is 8.58. The quantitative estimate of drug-likeness (QED) is 0.678. The van der Waals surface area contributed by atoms with E-state index in [9.17, 15) is 9.59 Å². The van der Waals surface area contributed by atoms with Crippen LogP contribution in [0.4, 0.5) is 4.79 Å². The van der Waals surface area contributed by atoms with E-state index in [0.717, 1.165) is 0 Å². The van der Waals surface area contributed by atoms with E-state index in [4.69, 9.17) is 9.84 Å². The van der Waals surface area contributed by atoms with Gasteiger partial charge in [0.15, 0.2) is 6.10 Å². The number of carboxylic acids is 1. The van der Waals surface area contributed by atoms with Crippen molar-refractivity contribution in [3.63, 3.8) is 0 Å². The van der Waals surface area contributed by atoms with E-state index in [-0.39, 0.29) is 19.6 Å². The smallest absolute Gasteiger partial charge is 0.407 e. The van der Waals surface area contributed by atoms with Crippen molar-refractivity contribution in [3.8, 4) is 0 Å². The SMILES string of the molecule is C=CCOC(=O)NCC[C@H](OC(C)(C)C)C(=O)O. The Bertz CT molecular complexity index is 295. The molecular formula is C12H21NO5. The standard InChI is InChI=1S/C12H21NO5/c1-5-8-17-11(16)13-7-6-9(10(14)15)18-12(2,3)4/h5,9H,1,6-8H2,2-4H3,(H,13,16)(H,14,15)/t9-/m0/s1. The molecule has 2 N–H and O–H groups in total. The minimum atomic E-state index is -1.05. The third-order valence-corrected chi connectivity index (χ3v) is 1.78. The molecule has 0 saturated heterocycles. The Morgan fingerprint density at radius 3 is 2.50 bits per heavy atom. The molecule has 0 bridgehead atoms. The molecule has 0 unspecified atom stereocenters. The van der Waals surface area contributed by atoms with Crippen molar-refractivity contribution in [1.29, 1.82) is 0 Å². The van der Waals surface area contributed by atoms with Gasteiger partial charge in [-0.25, -0.2) is 9.59 Å². The van der Waals surface area contributed by atoms with Crippen LogP contribution in [0.2, 0.25) is 0 Å². The Morgan fingerprint density at radius 1 is 1.44 bits per heavy atom. The summed E-state index contributed by atoms with van der Waals surface area (Å²) in [6.45, 7) is 9.01. The maximum Gasteiger partial charge on any atom is 0.407 e. The zero-order chi connectivity index (χ0) is 14.2. The summed E-state index contributed by atoms with van der Waals surface area (Å²) in [4.78, 5) is 22.0. The maximum absolute atomic E-state index is 11.1. The predicted octanol–water partition coefficient (Wildman–Crippen LogP) is 1.56. The molecule has 0 heterocycles. The van der Waals surface area contributed by atoms with Gasteiger partial charge in [-0.15, -0.1) is 0 Å². The van der Waals surface area contributed by atoms with Crippen LogP contribution in [0, 0.1) is 0 Å². The van der Waals surface area contributed by atoms with Gasteiger partial charge in [0, 0.05) is 13.0 Å². The summed E-state index contributed by atoms with van der Waals surface area (Å²) in [5.74, 6) is -1.05. The first-order valence-electron chi connectivity index (χ1n) is 5.68. The molecule has 0 aromatic carbocycles. The highest BCUT2D eigenvalue weighted by molar-refractivity contribution is 5.72. The fraction of sp³-hybridized carbons (Fsp3) is 0.667. The second-order valence-corrected chi connectivity index (χ2v) is 4.66. The fourth-order valence-corrected chi connectivity index (χ4v) is 1.15. The lowest BCUT2D eigenvalue weighted by Crippen LogP contribution is -2.36. The summed E-state index contributed by atoms with van der Waals surface area (Å²) in [7, 11) is 0. The number of carbonyl (C=O) groups excluding carboxylic acids is 1. The minimum Gasteiger partial charge on any atom is -0.479 e. The van der Waals surface area contributed by atoms with Crippen LogP contribution in [-0.2, 0) is 14.3 Å². The van der Waals surface area contributed by atoms with Gasteiger partial charge in [-0.3, -0.25) is 0 Å². The van der Waals surface area contributed by atoms with Crippen LogP contribution >= 0.6 is 0 Å². The summed E-state index contributed by atoms with van der Waals surface area (Å²) in [5.41, 5.74) is -0.549. The van der Waals surface area contributed by atoms with Gasteiger partial charge in [-0.2, -0.15) is 0 Å². The van der Waals surface area contributed by atoms with E-state index >= 15 is 0 Å². The van der Waals surface area contributed by atoms with Crippen molar-refractivity contribution < 1.29 is 24.2 Å². The summed E-state index contributed by atoms with van der Waals surface area (Å²) >= 11 is 0. The lowest BCUT2D eigenvalue weighted by Gasteiger charge is -2.24. The van der Waals surface area contributed by atoms with Crippen LogP contribution in [0.3, 0.4) is 0 Å². The van der Waals surface area contributed by atoms with Gasteiger partial charge < -0.3 is 19.9 Å². The Hall–Kier alpha value is -1.56. The molecule has 0 rings (SSSR count). The molecule has 0 fully saturated rings. The second-order valence-electron chi connectivity index (χ2n) is 4.66. The molecule has 0 aliphatic heterocycles.